The van der Waals surface area contributed by atoms with E-state index in [1.54, 1.807) is 4.90 Å². The van der Waals surface area contributed by atoms with Crippen LogP contribution in [0.4, 0.5) is 5.95 Å². The molecule has 0 aliphatic heterocycles. The summed E-state index contributed by atoms with van der Waals surface area (Å²) >= 11 is 0. The molecule has 0 spiro atoms. The first-order valence-electron chi connectivity index (χ1n) is 5.50. The standard InChI is InChI=1S/C11H16N4O2/c1-3-12-10(17)7-15(4-2)11-13-5-9(8-16)6-14-11/h5-6,8H,3-4,7H2,1-2H3,(H,12,17). The second-order valence-corrected chi connectivity index (χ2v) is 3.40. The molecule has 0 aliphatic carbocycles. The van der Waals surface area contributed by atoms with Crippen LogP contribution in [0.2, 0.25) is 0 Å². The summed E-state index contributed by atoms with van der Waals surface area (Å²) in [5, 5.41) is 2.71. The van der Waals surface area contributed by atoms with Crippen LogP contribution in [0.25, 0.3) is 0 Å². The number of aldehydes is 1. The number of carbonyl (C=O) groups is 2. The molecular formula is C11H16N4O2. The molecule has 17 heavy (non-hydrogen) atoms. The molecule has 6 heteroatoms. The molecule has 1 heterocycles. The Morgan fingerprint density at radius 1 is 1.41 bits per heavy atom. The van der Waals surface area contributed by atoms with E-state index in [0.29, 0.717) is 30.9 Å². The molecule has 0 atom stereocenters. The fourth-order valence-corrected chi connectivity index (χ4v) is 1.31. The minimum atomic E-state index is -0.0718. The van der Waals surface area contributed by atoms with Gasteiger partial charge in [-0.25, -0.2) is 9.97 Å². The number of hydrogen-bond donors (Lipinski definition) is 1. The number of nitrogens with one attached hydrogen (secondary N) is 1. The summed E-state index contributed by atoms with van der Waals surface area (Å²) in [7, 11) is 0. The summed E-state index contributed by atoms with van der Waals surface area (Å²) in [4.78, 5) is 31.7. The van der Waals surface area contributed by atoms with E-state index < -0.39 is 0 Å². The second-order valence-electron chi connectivity index (χ2n) is 3.40. The van der Waals surface area contributed by atoms with Crippen LogP contribution in [0.3, 0.4) is 0 Å². The van der Waals surface area contributed by atoms with Gasteiger partial charge in [-0.05, 0) is 13.8 Å². The van der Waals surface area contributed by atoms with Crippen LogP contribution in [-0.4, -0.2) is 41.8 Å². The highest BCUT2D eigenvalue weighted by Crippen LogP contribution is 2.05. The molecule has 1 aromatic rings. The van der Waals surface area contributed by atoms with Gasteiger partial charge in [0.15, 0.2) is 6.29 Å². The number of amides is 1. The molecule has 0 aliphatic rings. The van der Waals surface area contributed by atoms with Crippen LogP contribution in [0.1, 0.15) is 24.2 Å². The van der Waals surface area contributed by atoms with Gasteiger partial charge in [-0.2, -0.15) is 0 Å². The summed E-state index contributed by atoms with van der Waals surface area (Å²) in [5.74, 6) is 0.377. The van der Waals surface area contributed by atoms with Gasteiger partial charge in [0.2, 0.25) is 11.9 Å². The van der Waals surface area contributed by atoms with Crippen molar-refractivity contribution in [3.63, 3.8) is 0 Å². The van der Waals surface area contributed by atoms with E-state index in [-0.39, 0.29) is 12.5 Å². The Hall–Kier alpha value is -1.98. The van der Waals surface area contributed by atoms with E-state index in [1.165, 1.54) is 12.4 Å². The Labute approximate surface area is 100 Å². The van der Waals surface area contributed by atoms with E-state index in [1.807, 2.05) is 13.8 Å². The number of rotatable bonds is 6. The fourth-order valence-electron chi connectivity index (χ4n) is 1.31. The van der Waals surface area contributed by atoms with Gasteiger partial charge in [-0.1, -0.05) is 0 Å². The Bertz CT molecular complexity index is 378. The molecule has 0 aromatic carbocycles. The van der Waals surface area contributed by atoms with Crippen LogP contribution in [0.5, 0.6) is 0 Å². The first kappa shape index (κ1) is 13.1. The van der Waals surface area contributed by atoms with Crippen molar-refractivity contribution in [2.24, 2.45) is 0 Å². The predicted molar refractivity (Wildman–Crippen MR) is 64.0 cm³/mol. The SMILES string of the molecule is CCNC(=O)CN(CC)c1ncc(C=O)cn1. The van der Waals surface area contributed by atoms with Crippen molar-refractivity contribution >= 4 is 18.1 Å². The third-order valence-corrected chi connectivity index (χ3v) is 2.17. The number of likely N-dealkylation sites (N-methyl/N-ethyl adjacent to an activating group) is 2. The van der Waals surface area contributed by atoms with E-state index in [0.717, 1.165) is 0 Å². The Balaban J connectivity index is 2.71. The summed E-state index contributed by atoms with van der Waals surface area (Å²) in [6.07, 6.45) is 3.56. The van der Waals surface area contributed by atoms with Crippen LogP contribution in [0.15, 0.2) is 12.4 Å². The van der Waals surface area contributed by atoms with E-state index in [4.69, 9.17) is 0 Å². The molecule has 0 saturated carbocycles. The van der Waals surface area contributed by atoms with E-state index in [2.05, 4.69) is 15.3 Å². The Kier molecular flexibility index (Phi) is 5.06. The summed E-state index contributed by atoms with van der Waals surface area (Å²) in [5.41, 5.74) is 0.419. The van der Waals surface area contributed by atoms with Gasteiger partial charge in [0, 0.05) is 25.5 Å². The lowest BCUT2D eigenvalue weighted by Gasteiger charge is -2.19. The Morgan fingerprint density at radius 2 is 2.06 bits per heavy atom. The number of carbonyl (C=O) groups excluding carboxylic acids is 2. The summed E-state index contributed by atoms with van der Waals surface area (Å²) in [6.45, 7) is 5.21. The average molecular weight is 236 g/mol. The van der Waals surface area contributed by atoms with Crippen molar-refractivity contribution < 1.29 is 9.59 Å². The lowest BCUT2D eigenvalue weighted by molar-refractivity contribution is -0.119. The fraction of sp³-hybridized carbons (Fsp3) is 0.455. The minimum Gasteiger partial charge on any atom is -0.355 e. The lowest BCUT2D eigenvalue weighted by Crippen LogP contribution is -2.37. The largest absolute Gasteiger partial charge is 0.355 e. The zero-order chi connectivity index (χ0) is 12.7. The molecule has 0 saturated heterocycles. The third-order valence-electron chi connectivity index (χ3n) is 2.17. The normalized spacial score (nSPS) is 9.76. The molecule has 0 unspecified atom stereocenters. The van der Waals surface area contributed by atoms with Gasteiger partial charge in [0.25, 0.3) is 0 Å². The number of hydrogen-bond acceptors (Lipinski definition) is 5. The highest BCUT2D eigenvalue weighted by molar-refractivity contribution is 5.80. The highest BCUT2D eigenvalue weighted by atomic mass is 16.2. The van der Waals surface area contributed by atoms with Gasteiger partial charge < -0.3 is 10.2 Å². The molecule has 1 aromatic heterocycles. The smallest absolute Gasteiger partial charge is 0.239 e. The van der Waals surface area contributed by atoms with Gasteiger partial charge >= 0.3 is 0 Å². The van der Waals surface area contributed by atoms with Crippen LogP contribution >= 0.6 is 0 Å². The monoisotopic (exact) mass is 236 g/mol. The average Bonchev–Trinajstić information content (AvgIpc) is 2.36. The number of anilines is 1. The molecular weight excluding hydrogens is 220 g/mol. The first-order chi connectivity index (χ1) is 8.21. The zero-order valence-electron chi connectivity index (χ0n) is 10.0. The maximum absolute atomic E-state index is 11.4. The molecule has 0 fully saturated rings. The van der Waals surface area contributed by atoms with Gasteiger partial charge in [0.1, 0.15) is 0 Å². The van der Waals surface area contributed by atoms with Crippen molar-refractivity contribution in [3.05, 3.63) is 18.0 Å². The molecule has 1 amide bonds. The van der Waals surface area contributed by atoms with Crippen LogP contribution in [-0.2, 0) is 4.79 Å². The Morgan fingerprint density at radius 3 is 2.53 bits per heavy atom. The zero-order valence-corrected chi connectivity index (χ0v) is 10.0. The van der Waals surface area contributed by atoms with E-state index >= 15 is 0 Å². The van der Waals surface area contributed by atoms with E-state index in [9.17, 15) is 9.59 Å². The maximum Gasteiger partial charge on any atom is 0.239 e. The quantitative estimate of drug-likeness (QED) is 0.717. The second kappa shape index (κ2) is 6.57. The van der Waals surface area contributed by atoms with Crippen molar-refractivity contribution in [1.82, 2.24) is 15.3 Å². The maximum atomic E-state index is 11.4. The van der Waals surface area contributed by atoms with Crippen molar-refractivity contribution in [2.75, 3.05) is 24.5 Å². The van der Waals surface area contributed by atoms with Gasteiger partial charge in [-0.3, -0.25) is 9.59 Å². The topological polar surface area (TPSA) is 75.2 Å². The minimum absolute atomic E-state index is 0.0718. The third kappa shape index (κ3) is 3.82. The molecule has 92 valence electrons. The lowest BCUT2D eigenvalue weighted by atomic mass is 10.4. The summed E-state index contributed by atoms with van der Waals surface area (Å²) < 4.78 is 0. The number of aromatic nitrogens is 2. The van der Waals surface area contributed by atoms with Gasteiger partial charge in [-0.15, -0.1) is 0 Å². The predicted octanol–water partition coefficient (Wildman–Crippen LogP) is 0.251. The van der Waals surface area contributed by atoms with Gasteiger partial charge in [0.05, 0.1) is 12.1 Å². The van der Waals surface area contributed by atoms with Crippen LogP contribution < -0.4 is 10.2 Å². The molecule has 0 radical (unpaired) electrons. The van der Waals surface area contributed by atoms with Crippen molar-refractivity contribution in [2.45, 2.75) is 13.8 Å². The highest BCUT2D eigenvalue weighted by Gasteiger charge is 2.11. The number of nitrogens with zero attached hydrogens (tertiary/aromatic N) is 3. The molecule has 6 nitrogen and oxygen atoms in total. The van der Waals surface area contributed by atoms with Crippen LogP contribution in [0, 0.1) is 0 Å². The molecule has 1 N–H and O–H groups in total. The first-order valence-corrected chi connectivity index (χ1v) is 5.50. The van der Waals surface area contributed by atoms with Crippen molar-refractivity contribution in [1.29, 1.82) is 0 Å². The van der Waals surface area contributed by atoms with Crippen molar-refractivity contribution in [3.8, 4) is 0 Å². The molecule has 1 rings (SSSR count). The summed E-state index contributed by atoms with van der Waals surface area (Å²) in [6, 6.07) is 0. The molecule has 0 bridgehead atoms.